The molecule has 0 unspecified atom stereocenters. The number of nitrogens with one attached hydrogen (secondary N) is 1. The van der Waals surface area contributed by atoms with Crippen molar-refractivity contribution in [1.82, 2.24) is 9.97 Å². The average molecular weight is 310 g/mol. The summed E-state index contributed by atoms with van der Waals surface area (Å²) in [6, 6.07) is 6.96. The van der Waals surface area contributed by atoms with Crippen molar-refractivity contribution in [3.05, 3.63) is 36.8 Å². The van der Waals surface area contributed by atoms with E-state index in [0.717, 1.165) is 0 Å². The number of aromatic nitrogens is 2. The number of sulfonamides is 1. The van der Waals surface area contributed by atoms with Crippen molar-refractivity contribution in [2.24, 2.45) is 5.73 Å². The lowest BCUT2D eigenvalue weighted by atomic mass is 10.3. The molecule has 0 saturated heterocycles. The summed E-state index contributed by atoms with van der Waals surface area (Å²) >= 11 is 0. The average Bonchev–Trinajstić information content (AvgIpc) is 3.03. The number of rotatable bonds is 7. The van der Waals surface area contributed by atoms with Gasteiger partial charge >= 0.3 is 0 Å². The Balaban J connectivity index is 2.48. The van der Waals surface area contributed by atoms with E-state index in [4.69, 9.17) is 10.5 Å². The Bertz CT molecular complexity index is 670. The predicted molar refractivity (Wildman–Crippen MR) is 79.8 cm³/mol. The summed E-state index contributed by atoms with van der Waals surface area (Å²) in [5, 5.41) is 0.0328. The maximum atomic E-state index is 12.7. The summed E-state index contributed by atoms with van der Waals surface area (Å²) in [5.74, 6) is 0.484. The van der Waals surface area contributed by atoms with E-state index in [1.807, 2.05) is 0 Å². The Morgan fingerprint density at radius 2 is 2.14 bits per heavy atom. The lowest BCUT2D eigenvalue weighted by Gasteiger charge is -2.25. The molecule has 3 N–H and O–H groups in total. The van der Waals surface area contributed by atoms with Crippen LogP contribution in [0.15, 0.2) is 41.8 Å². The van der Waals surface area contributed by atoms with Crippen molar-refractivity contribution in [2.75, 3.05) is 24.5 Å². The smallest absolute Gasteiger partial charge is 0.281 e. The van der Waals surface area contributed by atoms with Gasteiger partial charge in [0.25, 0.3) is 10.0 Å². The zero-order valence-electron chi connectivity index (χ0n) is 11.7. The molecule has 1 aromatic heterocycles. The monoisotopic (exact) mass is 310 g/mol. The zero-order chi connectivity index (χ0) is 15.3. The van der Waals surface area contributed by atoms with Gasteiger partial charge in [0.15, 0.2) is 5.03 Å². The van der Waals surface area contributed by atoms with Crippen LogP contribution in [0.2, 0.25) is 0 Å². The number of aromatic amines is 1. The van der Waals surface area contributed by atoms with Crippen molar-refractivity contribution in [2.45, 2.75) is 11.4 Å². The highest BCUT2D eigenvalue weighted by Crippen LogP contribution is 2.31. The third kappa shape index (κ3) is 3.17. The lowest BCUT2D eigenvalue weighted by molar-refractivity contribution is 0.415. The summed E-state index contributed by atoms with van der Waals surface area (Å²) in [4.78, 5) is 6.40. The van der Waals surface area contributed by atoms with E-state index < -0.39 is 10.0 Å². The van der Waals surface area contributed by atoms with Gasteiger partial charge in [0.1, 0.15) is 5.75 Å². The number of nitrogens with zero attached hydrogens (tertiary/aromatic N) is 2. The van der Waals surface area contributed by atoms with Crippen molar-refractivity contribution < 1.29 is 13.2 Å². The first-order chi connectivity index (χ1) is 10.1. The van der Waals surface area contributed by atoms with Crippen LogP contribution in [0.4, 0.5) is 5.69 Å². The molecule has 0 radical (unpaired) electrons. The second-order valence-corrected chi connectivity index (χ2v) is 6.14. The van der Waals surface area contributed by atoms with E-state index in [-0.39, 0.29) is 11.6 Å². The number of H-pyrrole nitrogens is 1. The standard InChI is InChI=1S/C13H18N4O3S/c1-20-12-6-3-2-5-11(12)17(8-4-7-14)21(18,19)13-9-15-10-16-13/h2-3,5-6,9-10H,4,7-8,14H2,1H3,(H,15,16). The minimum absolute atomic E-state index is 0.0328. The van der Waals surface area contributed by atoms with Crippen LogP contribution in [0.25, 0.3) is 0 Å². The molecule has 0 amide bonds. The number of nitrogens with two attached hydrogens (primary N) is 1. The Morgan fingerprint density at radius 1 is 1.38 bits per heavy atom. The van der Waals surface area contributed by atoms with Crippen LogP contribution >= 0.6 is 0 Å². The molecule has 1 aromatic carbocycles. The van der Waals surface area contributed by atoms with E-state index in [2.05, 4.69) is 9.97 Å². The molecule has 8 heteroatoms. The van der Waals surface area contributed by atoms with Crippen LogP contribution < -0.4 is 14.8 Å². The SMILES string of the molecule is COc1ccccc1N(CCCN)S(=O)(=O)c1cnc[nH]1. The molecule has 21 heavy (non-hydrogen) atoms. The predicted octanol–water partition coefficient (Wildman–Crippen LogP) is 0.962. The fourth-order valence-corrected chi connectivity index (χ4v) is 3.36. The van der Waals surface area contributed by atoms with Crippen LogP contribution in [0.3, 0.4) is 0 Å². The van der Waals surface area contributed by atoms with E-state index >= 15 is 0 Å². The van der Waals surface area contributed by atoms with Crippen LogP contribution in [0.5, 0.6) is 5.75 Å². The quantitative estimate of drug-likeness (QED) is 0.793. The number of methoxy groups -OCH3 is 1. The highest BCUT2D eigenvalue weighted by Gasteiger charge is 2.27. The number of anilines is 1. The summed E-state index contributed by atoms with van der Waals surface area (Å²) in [6.45, 7) is 0.655. The second-order valence-electron chi connectivity index (χ2n) is 4.31. The zero-order valence-corrected chi connectivity index (χ0v) is 12.5. The Labute approximate surface area is 123 Å². The molecular formula is C13H18N4O3S. The van der Waals surface area contributed by atoms with Crippen molar-refractivity contribution in [1.29, 1.82) is 0 Å². The van der Waals surface area contributed by atoms with E-state index in [0.29, 0.717) is 24.4 Å². The van der Waals surface area contributed by atoms with Crippen molar-refractivity contribution in [3.8, 4) is 5.75 Å². The minimum atomic E-state index is -3.74. The molecule has 0 atom stereocenters. The summed E-state index contributed by atoms with van der Waals surface area (Å²) in [5.41, 5.74) is 5.99. The number of hydrogen-bond acceptors (Lipinski definition) is 5. The van der Waals surface area contributed by atoms with Gasteiger partial charge in [-0.25, -0.2) is 4.98 Å². The molecule has 2 rings (SSSR count). The highest BCUT2D eigenvalue weighted by atomic mass is 32.2. The van der Waals surface area contributed by atoms with Gasteiger partial charge in [-0.2, -0.15) is 8.42 Å². The van der Waals surface area contributed by atoms with E-state index in [1.54, 1.807) is 24.3 Å². The molecule has 0 saturated carbocycles. The van der Waals surface area contributed by atoms with Gasteiger partial charge in [-0.1, -0.05) is 12.1 Å². The largest absolute Gasteiger partial charge is 0.495 e. The maximum Gasteiger partial charge on any atom is 0.281 e. The fourth-order valence-electron chi connectivity index (χ4n) is 1.94. The van der Waals surface area contributed by atoms with Gasteiger partial charge in [0, 0.05) is 6.54 Å². The fraction of sp³-hybridized carbons (Fsp3) is 0.308. The lowest BCUT2D eigenvalue weighted by Crippen LogP contribution is -2.33. The van der Waals surface area contributed by atoms with Gasteiger partial charge in [-0.3, -0.25) is 4.31 Å². The molecule has 0 aliphatic carbocycles. The van der Waals surface area contributed by atoms with E-state index in [1.165, 1.54) is 23.9 Å². The normalized spacial score (nSPS) is 11.3. The summed E-state index contributed by atoms with van der Waals surface area (Å²) < 4.78 is 32.0. The first-order valence-electron chi connectivity index (χ1n) is 6.45. The molecule has 2 aromatic rings. The van der Waals surface area contributed by atoms with Crippen LogP contribution in [0.1, 0.15) is 6.42 Å². The van der Waals surface area contributed by atoms with Crippen LogP contribution in [0, 0.1) is 0 Å². The Morgan fingerprint density at radius 3 is 2.76 bits per heavy atom. The maximum absolute atomic E-state index is 12.7. The first kappa shape index (κ1) is 15.3. The molecule has 0 bridgehead atoms. The van der Waals surface area contributed by atoms with Gasteiger partial charge < -0.3 is 15.5 Å². The number of ether oxygens (including phenoxy) is 1. The third-order valence-electron chi connectivity index (χ3n) is 2.96. The van der Waals surface area contributed by atoms with Crippen LogP contribution in [-0.2, 0) is 10.0 Å². The molecule has 0 aliphatic rings. The molecule has 0 fully saturated rings. The van der Waals surface area contributed by atoms with Crippen LogP contribution in [-0.4, -0.2) is 38.6 Å². The number of hydrogen-bond donors (Lipinski definition) is 2. The molecule has 0 aliphatic heterocycles. The second kappa shape index (κ2) is 6.59. The van der Waals surface area contributed by atoms with Gasteiger partial charge in [0.05, 0.1) is 25.3 Å². The molecule has 1 heterocycles. The topological polar surface area (TPSA) is 101 Å². The van der Waals surface area contributed by atoms with Gasteiger partial charge in [0.2, 0.25) is 0 Å². The van der Waals surface area contributed by atoms with Gasteiger partial charge in [-0.05, 0) is 25.1 Å². The van der Waals surface area contributed by atoms with Gasteiger partial charge in [-0.15, -0.1) is 0 Å². The number of benzene rings is 1. The van der Waals surface area contributed by atoms with E-state index in [9.17, 15) is 8.42 Å². The Kier molecular flexibility index (Phi) is 4.81. The minimum Gasteiger partial charge on any atom is -0.495 e. The number of para-hydroxylation sites is 2. The third-order valence-corrected chi connectivity index (χ3v) is 4.70. The number of imidazole rings is 1. The summed E-state index contributed by atoms with van der Waals surface area (Å²) in [6.07, 6.45) is 3.14. The molecular weight excluding hydrogens is 292 g/mol. The molecule has 0 spiro atoms. The summed E-state index contributed by atoms with van der Waals surface area (Å²) in [7, 11) is -2.23. The molecule has 114 valence electrons. The van der Waals surface area contributed by atoms with Crippen molar-refractivity contribution >= 4 is 15.7 Å². The molecule has 7 nitrogen and oxygen atoms in total. The first-order valence-corrected chi connectivity index (χ1v) is 7.89. The van der Waals surface area contributed by atoms with Crippen molar-refractivity contribution in [3.63, 3.8) is 0 Å². The highest BCUT2D eigenvalue weighted by molar-refractivity contribution is 7.92. The Hall–Kier alpha value is -2.06.